The van der Waals surface area contributed by atoms with E-state index >= 15 is 0 Å². The van der Waals surface area contributed by atoms with Gasteiger partial charge in [-0.25, -0.2) is 4.79 Å². The molecule has 0 spiro atoms. The number of alkyl carbamates (subject to hydrolysis) is 1. The number of carbonyl (C=O) groups excluding carboxylic acids is 1. The predicted molar refractivity (Wildman–Crippen MR) is 77.0 cm³/mol. The van der Waals surface area contributed by atoms with E-state index in [1.54, 1.807) is 0 Å². The molecule has 4 heteroatoms. The van der Waals surface area contributed by atoms with Gasteiger partial charge in [0.25, 0.3) is 0 Å². The maximum atomic E-state index is 11.5. The molecule has 0 saturated carbocycles. The second-order valence-corrected chi connectivity index (χ2v) is 5.65. The van der Waals surface area contributed by atoms with Gasteiger partial charge in [-0.05, 0) is 33.3 Å². The van der Waals surface area contributed by atoms with Crippen molar-refractivity contribution in [3.05, 3.63) is 35.9 Å². The molecular weight excluding hydrogens is 240 g/mol. The molecule has 1 rings (SSSR count). The van der Waals surface area contributed by atoms with Crippen molar-refractivity contribution in [1.82, 2.24) is 10.6 Å². The van der Waals surface area contributed by atoms with Crippen molar-refractivity contribution in [2.24, 2.45) is 0 Å². The van der Waals surface area contributed by atoms with Crippen molar-refractivity contribution in [1.29, 1.82) is 0 Å². The number of hydrogen-bond acceptors (Lipinski definition) is 3. The lowest BCUT2D eigenvalue weighted by molar-refractivity contribution is 0.0523. The van der Waals surface area contributed by atoms with Crippen LogP contribution >= 0.6 is 0 Å². The molecule has 0 heterocycles. The molecule has 1 amide bonds. The summed E-state index contributed by atoms with van der Waals surface area (Å²) in [5.41, 5.74) is 0.775. The van der Waals surface area contributed by atoms with Crippen LogP contribution in [0.4, 0.5) is 4.79 Å². The fourth-order valence-corrected chi connectivity index (χ4v) is 1.51. The number of rotatable bonds is 5. The topological polar surface area (TPSA) is 50.4 Å². The molecule has 0 aliphatic carbocycles. The molecule has 4 nitrogen and oxygen atoms in total. The van der Waals surface area contributed by atoms with Gasteiger partial charge in [-0.1, -0.05) is 30.3 Å². The second kappa shape index (κ2) is 7.14. The molecule has 0 aromatic heterocycles. The number of nitrogens with one attached hydrogen (secondary N) is 2. The van der Waals surface area contributed by atoms with E-state index in [0.29, 0.717) is 6.54 Å². The van der Waals surface area contributed by atoms with Crippen LogP contribution in [0.2, 0.25) is 0 Å². The molecule has 1 aromatic carbocycles. The Morgan fingerprint density at radius 3 is 2.47 bits per heavy atom. The van der Waals surface area contributed by atoms with Crippen molar-refractivity contribution in [3.63, 3.8) is 0 Å². The molecule has 0 radical (unpaired) electrons. The van der Waals surface area contributed by atoms with Crippen molar-refractivity contribution < 1.29 is 9.53 Å². The SMILES string of the molecule is C[C@@H](CNC(=O)OC(C)(C)C)NCc1ccccc1. The lowest BCUT2D eigenvalue weighted by Gasteiger charge is -2.21. The van der Waals surface area contributed by atoms with Crippen LogP contribution in [0, 0.1) is 0 Å². The summed E-state index contributed by atoms with van der Waals surface area (Å²) in [7, 11) is 0. The number of carbonyl (C=O) groups is 1. The van der Waals surface area contributed by atoms with Crippen molar-refractivity contribution >= 4 is 6.09 Å². The van der Waals surface area contributed by atoms with Crippen LogP contribution < -0.4 is 10.6 Å². The van der Waals surface area contributed by atoms with E-state index in [1.807, 2.05) is 45.9 Å². The van der Waals surface area contributed by atoms with E-state index in [9.17, 15) is 4.79 Å². The summed E-state index contributed by atoms with van der Waals surface area (Å²) in [5.74, 6) is 0. The number of amides is 1. The summed E-state index contributed by atoms with van der Waals surface area (Å²) in [5, 5.41) is 6.10. The monoisotopic (exact) mass is 264 g/mol. The Bertz CT molecular complexity index is 385. The summed E-state index contributed by atoms with van der Waals surface area (Å²) in [6.45, 7) is 8.91. The summed E-state index contributed by atoms with van der Waals surface area (Å²) in [4.78, 5) is 11.5. The molecule has 1 atom stereocenters. The molecule has 0 aliphatic heterocycles. The fourth-order valence-electron chi connectivity index (χ4n) is 1.51. The Labute approximate surface area is 115 Å². The Morgan fingerprint density at radius 1 is 1.26 bits per heavy atom. The third kappa shape index (κ3) is 7.47. The number of benzene rings is 1. The van der Waals surface area contributed by atoms with Gasteiger partial charge in [0.2, 0.25) is 0 Å². The zero-order valence-electron chi connectivity index (χ0n) is 12.2. The Balaban J connectivity index is 2.21. The summed E-state index contributed by atoms with van der Waals surface area (Å²) in [6.07, 6.45) is -0.374. The van der Waals surface area contributed by atoms with Gasteiger partial charge >= 0.3 is 6.09 Å². The van der Waals surface area contributed by atoms with Crippen LogP contribution in [0.25, 0.3) is 0 Å². The maximum Gasteiger partial charge on any atom is 0.407 e. The zero-order chi connectivity index (χ0) is 14.3. The third-order valence-electron chi connectivity index (χ3n) is 2.45. The van der Waals surface area contributed by atoms with Gasteiger partial charge in [0.05, 0.1) is 0 Å². The molecule has 1 aromatic rings. The summed E-state index contributed by atoms with van der Waals surface area (Å²) >= 11 is 0. The Hall–Kier alpha value is -1.55. The average molecular weight is 264 g/mol. The molecule has 0 aliphatic rings. The quantitative estimate of drug-likeness (QED) is 0.859. The van der Waals surface area contributed by atoms with E-state index in [-0.39, 0.29) is 12.1 Å². The van der Waals surface area contributed by atoms with E-state index < -0.39 is 5.60 Å². The first-order valence-corrected chi connectivity index (χ1v) is 6.61. The van der Waals surface area contributed by atoms with E-state index in [4.69, 9.17) is 4.74 Å². The van der Waals surface area contributed by atoms with E-state index in [1.165, 1.54) is 5.56 Å². The second-order valence-electron chi connectivity index (χ2n) is 5.65. The fraction of sp³-hybridized carbons (Fsp3) is 0.533. The van der Waals surface area contributed by atoms with Gasteiger partial charge in [0.15, 0.2) is 0 Å². The molecule has 0 saturated heterocycles. The summed E-state index contributed by atoms with van der Waals surface area (Å²) in [6, 6.07) is 10.4. The van der Waals surface area contributed by atoms with Gasteiger partial charge in [-0.2, -0.15) is 0 Å². The molecule has 106 valence electrons. The van der Waals surface area contributed by atoms with Gasteiger partial charge in [0.1, 0.15) is 5.60 Å². The van der Waals surface area contributed by atoms with Crippen molar-refractivity contribution in [2.45, 2.75) is 45.9 Å². The van der Waals surface area contributed by atoms with Crippen LogP contribution in [0.1, 0.15) is 33.3 Å². The number of hydrogen-bond donors (Lipinski definition) is 2. The highest BCUT2D eigenvalue weighted by Gasteiger charge is 2.16. The Morgan fingerprint density at radius 2 is 1.89 bits per heavy atom. The number of ether oxygens (including phenoxy) is 1. The van der Waals surface area contributed by atoms with Gasteiger partial charge in [-0.3, -0.25) is 0 Å². The maximum absolute atomic E-state index is 11.5. The molecule has 0 bridgehead atoms. The van der Waals surface area contributed by atoms with Crippen LogP contribution in [0.15, 0.2) is 30.3 Å². The molecule has 19 heavy (non-hydrogen) atoms. The standard InChI is InChI=1S/C15H24N2O2/c1-12(10-17-14(18)19-15(2,3)4)16-11-13-8-6-5-7-9-13/h5-9,12,16H,10-11H2,1-4H3,(H,17,18)/t12-/m0/s1. The van der Waals surface area contributed by atoms with E-state index in [0.717, 1.165) is 6.54 Å². The molecule has 0 fully saturated rings. The summed E-state index contributed by atoms with van der Waals surface area (Å²) < 4.78 is 5.17. The highest BCUT2D eigenvalue weighted by atomic mass is 16.6. The zero-order valence-corrected chi connectivity index (χ0v) is 12.2. The smallest absolute Gasteiger partial charge is 0.407 e. The highest BCUT2D eigenvalue weighted by molar-refractivity contribution is 5.67. The minimum Gasteiger partial charge on any atom is -0.444 e. The molecule has 0 unspecified atom stereocenters. The van der Waals surface area contributed by atoms with Crippen molar-refractivity contribution in [3.8, 4) is 0 Å². The van der Waals surface area contributed by atoms with Crippen LogP contribution in [0.3, 0.4) is 0 Å². The average Bonchev–Trinajstić information content (AvgIpc) is 2.33. The predicted octanol–water partition coefficient (Wildman–Crippen LogP) is 2.69. The van der Waals surface area contributed by atoms with E-state index in [2.05, 4.69) is 22.8 Å². The van der Waals surface area contributed by atoms with Crippen LogP contribution in [0.5, 0.6) is 0 Å². The first-order valence-electron chi connectivity index (χ1n) is 6.61. The van der Waals surface area contributed by atoms with Crippen molar-refractivity contribution in [2.75, 3.05) is 6.54 Å². The van der Waals surface area contributed by atoms with Gasteiger partial charge in [-0.15, -0.1) is 0 Å². The van der Waals surface area contributed by atoms with Gasteiger partial charge in [0, 0.05) is 19.1 Å². The van der Waals surface area contributed by atoms with Crippen LogP contribution in [-0.4, -0.2) is 24.3 Å². The third-order valence-corrected chi connectivity index (χ3v) is 2.45. The lowest BCUT2D eigenvalue weighted by Crippen LogP contribution is -2.40. The highest BCUT2D eigenvalue weighted by Crippen LogP contribution is 2.06. The normalized spacial score (nSPS) is 12.8. The van der Waals surface area contributed by atoms with Gasteiger partial charge < -0.3 is 15.4 Å². The minimum atomic E-state index is -0.454. The molecule has 2 N–H and O–H groups in total. The lowest BCUT2D eigenvalue weighted by atomic mass is 10.2. The first-order chi connectivity index (χ1) is 8.87. The molecular formula is C15H24N2O2. The van der Waals surface area contributed by atoms with Crippen LogP contribution in [-0.2, 0) is 11.3 Å². The first kappa shape index (κ1) is 15.5. The Kier molecular flexibility index (Phi) is 5.83. The largest absolute Gasteiger partial charge is 0.444 e. The minimum absolute atomic E-state index is 0.188.